The third kappa shape index (κ3) is 6.38. The lowest BCUT2D eigenvalue weighted by Crippen LogP contribution is -2.26. The van der Waals surface area contributed by atoms with Crippen molar-refractivity contribution in [3.63, 3.8) is 0 Å². The molecule has 0 aliphatic heterocycles. The molecule has 0 bridgehead atoms. The third-order valence-corrected chi connectivity index (χ3v) is 3.27. The van der Waals surface area contributed by atoms with Crippen molar-refractivity contribution in [2.24, 2.45) is 0 Å². The summed E-state index contributed by atoms with van der Waals surface area (Å²) in [6.45, 7) is 2.68. The number of nitrogens with one attached hydrogen (secondary N) is 1. The lowest BCUT2D eigenvalue weighted by atomic mass is 9.92. The predicted octanol–water partition coefficient (Wildman–Crippen LogP) is 2.78. The van der Waals surface area contributed by atoms with Crippen molar-refractivity contribution in [3.8, 4) is 0 Å². The molecule has 0 heterocycles. The van der Waals surface area contributed by atoms with E-state index >= 15 is 0 Å². The van der Waals surface area contributed by atoms with Crippen LogP contribution in [0.2, 0.25) is 0 Å². The molecule has 0 fully saturated rings. The van der Waals surface area contributed by atoms with Crippen LogP contribution in [0, 0.1) is 5.82 Å². The molecule has 0 aromatic heterocycles. The van der Waals surface area contributed by atoms with Gasteiger partial charge in [-0.25, -0.2) is 4.39 Å². The van der Waals surface area contributed by atoms with Crippen LogP contribution >= 0.6 is 0 Å². The Hall–Kier alpha value is -1.91. The van der Waals surface area contributed by atoms with Gasteiger partial charge in [-0.05, 0) is 24.1 Å². The summed E-state index contributed by atoms with van der Waals surface area (Å²) in [5.74, 6) is -1.14. The van der Waals surface area contributed by atoms with Crippen molar-refractivity contribution in [1.29, 1.82) is 0 Å². The van der Waals surface area contributed by atoms with Crippen LogP contribution in [0.5, 0.6) is 0 Å². The molecule has 0 radical (unpaired) electrons. The highest BCUT2D eigenvalue weighted by molar-refractivity contribution is 5.78. The lowest BCUT2D eigenvalue weighted by molar-refractivity contribution is -0.141. The van der Waals surface area contributed by atoms with E-state index in [1.165, 1.54) is 19.2 Å². The largest absolute Gasteiger partial charge is 0.469 e. The van der Waals surface area contributed by atoms with Crippen LogP contribution in [-0.2, 0) is 14.3 Å². The quantitative estimate of drug-likeness (QED) is 0.592. The second-order valence-corrected chi connectivity index (χ2v) is 4.94. The Balaban J connectivity index is 2.70. The topological polar surface area (TPSA) is 55.4 Å². The van der Waals surface area contributed by atoms with Gasteiger partial charge in [0.25, 0.3) is 0 Å². The van der Waals surface area contributed by atoms with E-state index in [-0.39, 0.29) is 36.5 Å². The van der Waals surface area contributed by atoms with Crippen LogP contribution in [0.4, 0.5) is 4.39 Å². The standard InChI is InChI=1S/C16H22FNO3/c1-3-4-9-18-15(19)10-13(11-16(20)21-2)12-5-7-14(17)8-6-12/h5-8,13H,3-4,9-11H2,1-2H3,(H,18,19). The maximum atomic E-state index is 13.0. The predicted molar refractivity (Wildman–Crippen MR) is 78.3 cm³/mol. The van der Waals surface area contributed by atoms with Gasteiger partial charge in [-0.2, -0.15) is 0 Å². The molecule has 1 amide bonds. The molecule has 21 heavy (non-hydrogen) atoms. The van der Waals surface area contributed by atoms with Gasteiger partial charge in [0, 0.05) is 18.9 Å². The molecular weight excluding hydrogens is 273 g/mol. The molecule has 1 rings (SSSR count). The molecule has 5 heteroatoms. The van der Waals surface area contributed by atoms with E-state index in [2.05, 4.69) is 10.1 Å². The number of ether oxygens (including phenoxy) is 1. The fourth-order valence-electron chi connectivity index (χ4n) is 2.03. The highest BCUT2D eigenvalue weighted by atomic mass is 19.1. The molecule has 0 aliphatic carbocycles. The second-order valence-electron chi connectivity index (χ2n) is 4.94. The van der Waals surface area contributed by atoms with Gasteiger partial charge in [-0.3, -0.25) is 9.59 Å². The Bertz CT molecular complexity index is 459. The summed E-state index contributed by atoms with van der Waals surface area (Å²) in [5.41, 5.74) is 0.757. The molecule has 1 aromatic carbocycles. The molecule has 1 atom stereocenters. The van der Waals surface area contributed by atoms with Gasteiger partial charge in [0.2, 0.25) is 5.91 Å². The molecule has 0 saturated carbocycles. The Kier molecular flexibility index (Phi) is 7.43. The minimum absolute atomic E-state index is 0.101. The molecule has 1 aromatic rings. The Morgan fingerprint density at radius 1 is 1.24 bits per heavy atom. The van der Waals surface area contributed by atoms with E-state index in [0.717, 1.165) is 18.4 Å². The highest BCUT2D eigenvalue weighted by Gasteiger charge is 2.20. The van der Waals surface area contributed by atoms with Gasteiger partial charge in [0.05, 0.1) is 13.5 Å². The zero-order valence-electron chi connectivity index (χ0n) is 12.5. The first kappa shape index (κ1) is 17.1. The SMILES string of the molecule is CCCCNC(=O)CC(CC(=O)OC)c1ccc(F)cc1. The number of benzene rings is 1. The van der Waals surface area contributed by atoms with Gasteiger partial charge in [0.1, 0.15) is 5.82 Å². The highest BCUT2D eigenvalue weighted by Crippen LogP contribution is 2.24. The summed E-state index contributed by atoms with van der Waals surface area (Å²) >= 11 is 0. The number of hydrogen-bond acceptors (Lipinski definition) is 3. The van der Waals surface area contributed by atoms with E-state index < -0.39 is 0 Å². The maximum absolute atomic E-state index is 13.0. The lowest BCUT2D eigenvalue weighted by Gasteiger charge is -2.16. The number of hydrogen-bond donors (Lipinski definition) is 1. The van der Waals surface area contributed by atoms with Crippen molar-refractivity contribution < 1.29 is 18.7 Å². The number of rotatable bonds is 8. The number of carbonyl (C=O) groups excluding carboxylic acids is 2. The van der Waals surface area contributed by atoms with Crippen molar-refractivity contribution >= 4 is 11.9 Å². The summed E-state index contributed by atoms with van der Waals surface area (Å²) in [4.78, 5) is 23.4. The normalized spacial score (nSPS) is 11.8. The molecule has 4 nitrogen and oxygen atoms in total. The number of halogens is 1. The van der Waals surface area contributed by atoms with Gasteiger partial charge < -0.3 is 10.1 Å². The first-order chi connectivity index (χ1) is 10.1. The van der Waals surface area contributed by atoms with Crippen LogP contribution in [-0.4, -0.2) is 25.5 Å². The molecule has 0 spiro atoms. The van der Waals surface area contributed by atoms with Gasteiger partial charge in [-0.1, -0.05) is 25.5 Å². The fraction of sp³-hybridized carbons (Fsp3) is 0.500. The van der Waals surface area contributed by atoms with Crippen molar-refractivity contribution in [2.75, 3.05) is 13.7 Å². The Morgan fingerprint density at radius 3 is 2.48 bits per heavy atom. The minimum Gasteiger partial charge on any atom is -0.469 e. The molecular formula is C16H22FNO3. The maximum Gasteiger partial charge on any atom is 0.306 e. The molecule has 1 N–H and O–H groups in total. The zero-order chi connectivity index (χ0) is 15.7. The van der Waals surface area contributed by atoms with Gasteiger partial charge >= 0.3 is 5.97 Å². The number of carbonyl (C=O) groups is 2. The average Bonchev–Trinajstić information content (AvgIpc) is 2.47. The smallest absolute Gasteiger partial charge is 0.306 e. The monoisotopic (exact) mass is 295 g/mol. The van der Waals surface area contributed by atoms with E-state index in [9.17, 15) is 14.0 Å². The number of amides is 1. The molecule has 0 saturated heterocycles. The third-order valence-electron chi connectivity index (χ3n) is 3.27. The summed E-state index contributed by atoms with van der Waals surface area (Å²) in [7, 11) is 1.31. The molecule has 116 valence electrons. The fourth-order valence-corrected chi connectivity index (χ4v) is 2.03. The van der Waals surface area contributed by atoms with Gasteiger partial charge in [-0.15, -0.1) is 0 Å². The number of esters is 1. The van der Waals surface area contributed by atoms with Crippen LogP contribution in [0.15, 0.2) is 24.3 Å². The minimum atomic E-state index is -0.384. The van der Waals surface area contributed by atoms with Crippen LogP contribution in [0.25, 0.3) is 0 Å². The molecule has 0 aliphatic rings. The van der Waals surface area contributed by atoms with E-state index in [1.807, 2.05) is 6.92 Å². The summed E-state index contributed by atoms with van der Waals surface area (Å²) in [6.07, 6.45) is 2.21. The van der Waals surface area contributed by atoms with Crippen molar-refractivity contribution in [2.45, 2.75) is 38.5 Å². The first-order valence-corrected chi connectivity index (χ1v) is 7.15. The van der Waals surface area contributed by atoms with E-state index in [4.69, 9.17) is 0 Å². The average molecular weight is 295 g/mol. The van der Waals surface area contributed by atoms with E-state index in [0.29, 0.717) is 6.54 Å². The summed E-state index contributed by atoms with van der Waals surface area (Å²) in [6, 6.07) is 5.85. The van der Waals surface area contributed by atoms with E-state index in [1.54, 1.807) is 12.1 Å². The van der Waals surface area contributed by atoms with Crippen molar-refractivity contribution in [1.82, 2.24) is 5.32 Å². The summed E-state index contributed by atoms with van der Waals surface area (Å²) in [5, 5.41) is 2.82. The van der Waals surface area contributed by atoms with Crippen LogP contribution in [0.1, 0.15) is 44.1 Å². The Morgan fingerprint density at radius 2 is 1.90 bits per heavy atom. The van der Waals surface area contributed by atoms with Gasteiger partial charge in [0.15, 0.2) is 0 Å². The van der Waals surface area contributed by atoms with Crippen molar-refractivity contribution in [3.05, 3.63) is 35.6 Å². The van der Waals surface area contributed by atoms with Crippen LogP contribution < -0.4 is 5.32 Å². The number of unbranched alkanes of at least 4 members (excludes halogenated alkanes) is 1. The first-order valence-electron chi connectivity index (χ1n) is 7.15. The second kappa shape index (κ2) is 9.10. The molecule has 1 unspecified atom stereocenters. The Labute approximate surface area is 124 Å². The van der Waals surface area contributed by atoms with Crippen LogP contribution in [0.3, 0.4) is 0 Å². The summed E-state index contributed by atoms with van der Waals surface area (Å²) < 4.78 is 17.6. The zero-order valence-corrected chi connectivity index (χ0v) is 12.5. The number of methoxy groups -OCH3 is 1.